The number of nitrogens with one attached hydrogen (secondary N) is 1. The van der Waals surface area contributed by atoms with E-state index >= 15 is 0 Å². The number of hydroxylamine groups is 2. The number of alkyl halides is 3. The van der Waals surface area contributed by atoms with E-state index in [0.29, 0.717) is 6.54 Å². The van der Waals surface area contributed by atoms with Gasteiger partial charge in [0.15, 0.2) is 8.73 Å². The molecule has 0 spiro atoms. The minimum Gasteiger partial charge on any atom is -0.633 e. The third-order valence-corrected chi connectivity index (χ3v) is 3.68. The van der Waals surface area contributed by atoms with Crippen LogP contribution in [-0.2, 0) is 0 Å². The highest BCUT2D eigenvalue weighted by Gasteiger charge is 2.49. The quantitative estimate of drug-likeness (QED) is 0.384. The Labute approximate surface area is 69.0 Å². The topological polar surface area (TPSA) is 27.5 Å². The second-order valence-corrected chi connectivity index (χ2v) is 6.10. The van der Waals surface area contributed by atoms with Crippen LogP contribution in [0.1, 0.15) is 0 Å². The molecule has 0 saturated carbocycles. The average molecular weight is 265 g/mol. The summed E-state index contributed by atoms with van der Waals surface area (Å²) < 4.78 is -0.307. The Kier molecular flexibility index (Phi) is 1.90. The highest BCUT2D eigenvalue weighted by molar-refractivity contribution is 9.25. The lowest BCUT2D eigenvalue weighted by Gasteiger charge is -2.45. The summed E-state index contributed by atoms with van der Waals surface area (Å²) in [7, 11) is 0. The zero-order valence-electron chi connectivity index (χ0n) is 3.83. The van der Waals surface area contributed by atoms with E-state index in [9.17, 15) is 5.21 Å². The van der Waals surface area contributed by atoms with E-state index < -0.39 is 0 Å². The molecule has 0 aromatic rings. The monoisotopic (exact) mass is 263 g/mol. The molecule has 0 aromatic heterocycles. The third-order valence-electron chi connectivity index (χ3n) is 1.06. The number of hydrogen-bond donors (Lipinski definition) is 1. The van der Waals surface area contributed by atoms with E-state index in [-0.39, 0.29) is 13.8 Å². The zero-order chi connectivity index (χ0) is 6.36. The first-order chi connectivity index (χ1) is 3.54. The zero-order valence-corrected chi connectivity index (χ0v) is 7.75. The Bertz CT molecular complexity index is 109. The van der Waals surface area contributed by atoms with E-state index in [0.717, 1.165) is 0 Å². The van der Waals surface area contributed by atoms with Crippen LogP contribution < -0.4 is 5.06 Å². The molecule has 1 aliphatic heterocycles. The van der Waals surface area contributed by atoms with Gasteiger partial charge in [-0.25, -0.2) is 0 Å². The van der Waals surface area contributed by atoms with Gasteiger partial charge in [0.2, 0.25) is 0 Å². The second-order valence-electron chi connectivity index (χ2n) is 1.77. The first kappa shape index (κ1) is 7.28. The van der Waals surface area contributed by atoms with Gasteiger partial charge in [-0.3, -0.25) is 0 Å². The second kappa shape index (κ2) is 2.09. The van der Waals surface area contributed by atoms with Gasteiger partial charge in [-0.1, -0.05) is 43.5 Å². The van der Waals surface area contributed by atoms with Crippen LogP contribution in [0, 0.1) is 5.21 Å². The van der Waals surface area contributed by atoms with Gasteiger partial charge in [-0.15, -0.1) is 0 Å². The van der Waals surface area contributed by atoms with Crippen LogP contribution in [-0.4, -0.2) is 15.3 Å². The van der Waals surface area contributed by atoms with Gasteiger partial charge in [-0.05, 0) is 0 Å². The molecule has 0 bridgehead atoms. The van der Waals surface area contributed by atoms with Gasteiger partial charge in [0, 0.05) is 0 Å². The Balaban J connectivity index is 2.47. The summed E-state index contributed by atoms with van der Waals surface area (Å²) in [5, 5.41) is 10.6. The predicted molar refractivity (Wildman–Crippen MR) is 39.4 cm³/mol. The van der Waals surface area contributed by atoms with Crippen molar-refractivity contribution in [1.82, 2.24) is 0 Å². The number of quaternary nitrogens is 1. The molecule has 5 heteroatoms. The molecule has 8 heavy (non-hydrogen) atoms. The summed E-state index contributed by atoms with van der Waals surface area (Å²) in [5.41, 5.74) is -0.387. The molecule has 1 N–H and O–H groups in total. The molecule has 2 nitrogen and oxygen atoms in total. The molecule has 2 unspecified atom stereocenters. The molecule has 0 aromatic carbocycles. The molecule has 0 aliphatic carbocycles. The fourth-order valence-corrected chi connectivity index (χ4v) is 1.73. The molecule has 0 amide bonds. The van der Waals surface area contributed by atoms with Crippen molar-refractivity contribution < 1.29 is 5.06 Å². The highest BCUT2D eigenvalue weighted by Crippen LogP contribution is 2.34. The normalized spacial score (nSPS) is 43.5. The molecule has 1 heterocycles. The van der Waals surface area contributed by atoms with Gasteiger partial charge in [0.1, 0.15) is 6.54 Å². The maximum absolute atomic E-state index is 10.5. The van der Waals surface area contributed by atoms with Crippen molar-refractivity contribution in [2.75, 3.05) is 6.54 Å². The van der Waals surface area contributed by atoms with Crippen LogP contribution in [0.2, 0.25) is 0 Å². The summed E-state index contributed by atoms with van der Waals surface area (Å²) in [6, 6.07) is 0. The summed E-state index contributed by atoms with van der Waals surface area (Å²) in [6.45, 7) is 0.487. The van der Waals surface area contributed by atoms with Crippen LogP contribution in [0.5, 0.6) is 0 Å². The van der Waals surface area contributed by atoms with E-state index in [1.54, 1.807) is 0 Å². The maximum Gasteiger partial charge on any atom is 0.195 e. The standard InChI is InChI=1S/C3H4Br2ClNO/c4-3(5)1-7(8)2(3)6/h2,7H,1H2. The summed E-state index contributed by atoms with van der Waals surface area (Å²) in [6.07, 6.45) is 0. The molecule has 48 valence electrons. The van der Waals surface area contributed by atoms with Crippen molar-refractivity contribution in [3.63, 3.8) is 0 Å². The molecule has 1 saturated heterocycles. The largest absolute Gasteiger partial charge is 0.633 e. The van der Waals surface area contributed by atoms with Gasteiger partial charge in [-0.2, -0.15) is 0 Å². The van der Waals surface area contributed by atoms with Crippen LogP contribution in [0.4, 0.5) is 0 Å². The SMILES string of the molecule is [O-][NH+]1CC(Br)(Br)C1Cl. The lowest BCUT2D eigenvalue weighted by Crippen LogP contribution is -3.22. The lowest BCUT2D eigenvalue weighted by atomic mass is 10.3. The number of hydrogen-bond acceptors (Lipinski definition) is 1. The van der Waals surface area contributed by atoms with Gasteiger partial charge >= 0.3 is 0 Å². The van der Waals surface area contributed by atoms with Gasteiger partial charge in [0.05, 0.1) is 0 Å². The summed E-state index contributed by atoms with van der Waals surface area (Å²) in [4.78, 5) is 0. The molecule has 1 rings (SSSR count). The third kappa shape index (κ3) is 1.04. The van der Waals surface area contributed by atoms with E-state index in [1.165, 1.54) is 0 Å². The number of rotatable bonds is 0. The highest BCUT2D eigenvalue weighted by atomic mass is 79.9. The van der Waals surface area contributed by atoms with Crippen molar-refractivity contribution in [3.05, 3.63) is 5.21 Å². The first-order valence-corrected chi connectivity index (χ1v) is 4.11. The Morgan fingerprint density at radius 1 is 1.75 bits per heavy atom. The van der Waals surface area contributed by atoms with Crippen molar-refractivity contribution >= 4 is 43.5 Å². The molecule has 2 atom stereocenters. The Morgan fingerprint density at radius 2 is 2.25 bits per heavy atom. The van der Waals surface area contributed by atoms with Crippen LogP contribution in [0.15, 0.2) is 0 Å². The average Bonchev–Trinajstić information content (AvgIpc) is 1.65. The van der Waals surface area contributed by atoms with Crippen molar-refractivity contribution in [1.29, 1.82) is 0 Å². The van der Waals surface area contributed by atoms with Gasteiger partial charge in [0.25, 0.3) is 0 Å². The fraction of sp³-hybridized carbons (Fsp3) is 1.00. The Hall–Kier alpha value is 1.17. The van der Waals surface area contributed by atoms with E-state index in [1.807, 2.05) is 0 Å². The summed E-state index contributed by atoms with van der Waals surface area (Å²) in [5.74, 6) is 0. The van der Waals surface area contributed by atoms with Crippen LogP contribution >= 0.6 is 43.5 Å². The molecule has 1 fully saturated rings. The molecule has 1 aliphatic rings. The van der Waals surface area contributed by atoms with Crippen molar-refractivity contribution in [2.24, 2.45) is 0 Å². The van der Waals surface area contributed by atoms with Gasteiger partial charge < -0.3 is 10.3 Å². The minimum atomic E-state index is -0.387. The Morgan fingerprint density at radius 3 is 2.25 bits per heavy atom. The summed E-state index contributed by atoms with van der Waals surface area (Å²) >= 11 is 12.0. The maximum atomic E-state index is 10.5. The molecular weight excluding hydrogens is 261 g/mol. The lowest BCUT2D eigenvalue weighted by molar-refractivity contribution is -0.903. The first-order valence-electron chi connectivity index (χ1n) is 2.08. The van der Waals surface area contributed by atoms with Crippen LogP contribution in [0.3, 0.4) is 0 Å². The van der Waals surface area contributed by atoms with Crippen molar-refractivity contribution in [3.8, 4) is 0 Å². The van der Waals surface area contributed by atoms with E-state index in [4.69, 9.17) is 11.6 Å². The minimum absolute atomic E-state index is 0.0976. The predicted octanol–water partition coefficient (Wildman–Crippen LogP) is 0.434. The fourth-order valence-electron chi connectivity index (χ4n) is 0.516. The molecular formula is C3H4Br2ClNO. The van der Waals surface area contributed by atoms with Crippen molar-refractivity contribution in [2.45, 2.75) is 8.73 Å². The van der Waals surface area contributed by atoms with E-state index in [2.05, 4.69) is 31.9 Å². The number of halogens is 3. The molecule has 0 radical (unpaired) electrons. The smallest absolute Gasteiger partial charge is 0.195 e. The van der Waals surface area contributed by atoms with Crippen LogP contribution in [0.25, 0.3) is 0 Å².